The van der Waals surface area contributed by atoms with Gasteiger partial charge in [-0.25, -0.2) is 0 Å². The van der Waals surface area contributed by atoms with Gasteiger partial charge in [0.2, 0.25) is 5.91 Å². The van der Waals surface area contributed by atoms with Crippen molar-refractivity contribution < 1.29 is 14.3 Å². The van der Waals surface area contributed by atoms with E-state index in [0.717, 1.165) is 37.4 Å². The van der Waals surface area contributed by atoms with Gasteiger partial charge in [-0.15, -0.1) is 0 Å². The largest absolute Gasteiger partial charge is 0.490 e. The maximum absolute atomic E-state index is 12.9. The number of hydrogen-bond donors (Lipinski definition) is 1. The van der Waals surface area contributed by atoms with Gasteiger partial charge < -0.3 is 19.9 Å². The van der Waals surface area contributed by atoms with Crippen LogP contribution in [0.2, 0.25) is 0 Å². The van der Waals surface area contributed by atoms with E-state index in [9.17, 15) is 9.59 Å². The van der Waals surface area contributed by atoms with E-state index in [4.69, 9.17) is 4.74 Å². The third kappa shape index (κ3) is 4.30. The molecular weight excluding hydrogens is 342 g/mol. The molecule has 1 fully saturated rings. The molecule has 0 aliphatic carbocycles. The Labute approximate surface area is 162 Å². The molecule has 6 heteroatoms. The molecule has 27 heavy (non-hydrogen) atoms. The van der Waals surface area contributed by atoms with E-state index < -0.39 is 0 Å². The van der Waals surface area contributed by atoms with Crippen LogP contribution in [0.3, 0.4) is 0 Å². The summed E-state index contributed by atoms with van der Waals surface area (Å²) >= 11 is 0. The van der Waals surface area contributed by atoms with Gasteiger partial charge in [-0.1, -0.05) is 13.8 Å². The highest BCUT2D eigenvalue weighted by Crippen LogP contribution is 2.34. The van der Waals surface area contributed by atoms with Crippen LogP contribution in [0.25, 0.3) is 0 Å². The van der Waals surface area contributed by atoms with E-state index in [1.807, 2.05) is 32.6 Å². The number of ether oxygens (including phenoxy) is 1. The number of carbonyl (C=O) groups excluding carboxylic acids is 2. The molecule has 1 saturated heterocycles. The van der Waals surface area contributed by atoms with Crippen LogP contribution in [-0.2, 0) is 14.3 Å². The van der Waals surface area contributed by atoms with Crippen molar-refractivity contribution in [2.75, 3.05) is 13.1 Å². The molecule has 0 saturated carbocycles. The summed E-state index contributed by atoms with van der Waals surface area (Å²) in [4.78, 5) is 28.8. The van der Waals surface area contributed by atoms with Gasteiger partial charge in [0, 0.05) is 30.9 Å². The first-order valence-electron chi connectivity index (χ1n) is 10.0. The van der Waals surface area contributed by atoms with Crippen molar-refractivity contribution in [1.29, 1.82) is 0 Å². The van der Waals surface area contributed by atoms with E-state index in [-0.39, 0.29) is 35.5 Å². The van der Waals surface area contributed by atoms with E-state index in [1.54, 1.807) is 12.2 Å². The lowest BCUT2D eigenvalue weighted by Crippen LogP contribution is -2.46. The van der Waals surface area contributed by atoms with Crippen LogP contribution in [0.1, 0.15) is 54.4 Å². The molecule has 0 unspecified atom stereocenters. The second-order valence-corrected chi connectivity index (χ2v) is 9.34. The zero-order valence-corrected chi connectivity index (χ0v) is 17.4. The van der Waals surface area contributed by atoms with Gasteiger partial charge in [-0.2, -0.15) is 0 Å². The maximum atomic E-state index is 12.9. The fourth-order valence-electron chi connectivity index (χ4n) is 4.30. The summed E-state index contributed by atoms with van der Waals surface area (Å²) in [5.74, 6) is 1.28. The zero-order valence-electron chi connectivity index (χ0n) is 17.4. The third-order valence-corrected chi connectivity index (χ3v) is 5.31. The summed E-state index contributed by atoms with van der Waals surface area (Å²) in [5.41, 5.74) is 0.712. The molecule has 2 amide bonds. The second kappa shape index (κ2) is 7.21. The van der Waals surface area contributed by atoms with E-state index in [1.165, 1.54) is 0 Å². The molecule has 0 bridgehead atoms. The molecule has 1 N–H and O–H groups in total. The lowest BCUT2D eigenvalue weighted by atomic mass is 10.0. The van der Waals surface area contributed by atoms with Gasteiger partial charge in [0.05, 0.1) is 18.1 Å². The van der Waals surface area contributed by atoms with Gasteiger partial charge in [-0.05, 0) is 46.5 Å². The standard InChI is InChI=1S/C21H33N3O3/c1-13(2)9-17-18(27-21(4,5)6)11-20(26)24(17)15-7-8-23(12-15)16-10-19(25)22-14(16)3/h10-11,13-15,17H,7-9,12H2,1-6H3,(H,22,25)/t14-,15-,17-/m0/s1. The van der Waals surface area contributed by atoms with Gasteiger partial charge in [-0.3, -0.25) is 9.59 Å². The molecule has 3 aliphatic rings. The van der Waals surface area contributed by atoms with Crippen LogP contribution >= 0.6 is 0 Å². The molecule has 150 valence electrons. The third-order valence-electron chi connectivity index (χ3n) is 5.31. The molecule has 0 aromatic heterocycles. The summed E-state index contributed by atoms with van der Waals surface area (Å²) < 4.78 is 6.15. The Hall–Kier alpha value is -1.98. The monoisotopic (exact) mass is 375 g/mol. The minimum Gasteiger partial charge on any atom is -0.490 e. The second-order valence-electron chi connectivity index (χ2n) is 9.34. The average Bonchev–Trinajstić information content (AvgIpc) is 3.16. The smallest absolute Gasteiger partial charge is 0.250 e. The highest BCUT2D eigenvalue weighted by atomic mass is 16.5. The molecule has 3 rings (SSSR count). The first-order chi connectivity index (χ1) is 12.5. The molecule has 0 aromatic carbocycles. The summed E-state index contributed by atoms with van der Waals surface area (Å²) in [7, 11) is 0. The number of nitrogens with one attached hydrogen (secondary N) is 1. The minimum absolute atomic E-state index is 0.00332. The van der Waals surface area contributed by atoms with Crippen molar-refractivity contribution in [2.45, 2.75) is 78.1 Å². The summed E-state index contributed by atoms with van der Waals surface area (Å²) in [6.07, 6.45) is 5.18. The van der Waals surface area contributed by atoms with E-state index in [0.29, 0.717) is 5.92 Å². The van der Waals surface area contributed by atoms with Crippen LogP contribution < -0.4 is 5.32 Å². The van der Waals surface area contributed by atoms with Gasteiger partial charge in [0.15, 0.2) is 0 Å². The topological polar surface area (TPSA) is 61.9 Å². The maximum Gasteiger partial charge on any atom is 0.250 e. The number of likely N-dealkylation sites (tertiary alicyclic amines) is 1. The highest BCUT2D eigenvalue weighted by molar-refractivity contribution is 5.92. The lowest BCUT2D eigenvalue weighted by molar-refractivity contribution is -0.129. The van der Waals surface area contributed by atoms with Gasteiger partial charge >= 0.3 is 0 Å². The molecule has 6 nitrogen and oxygen atoms in total. The summed E-state index contributed by atoms with van der Waals surface area (Å²) in [6.45, 7) is 14.0. The van der Waals surface area contributed by atoms with Gasteiger partial charge in [0.25, 0.3) is 5.91 Å². The number of nitrogens with zero attached hydrogens (tertiary/aromatic N) is 2. The first kappa shape index (κ1) is 19.8. The summed E-state index contributed by atoms with van der Waals surface area (Å²) in [6, 6.07) is 0.175. The number of carbonyl (C=O) groups is 2. The fourth-order valence-corrected chi connectivity index (χ4v) is 4.30. The number of hydrogen-bond acceptors (Lipinski definition) is 4. The van der Waals surface area contributed by atoms with Crippen LogP contribution in [0.4, 0.5) is 0 Å². The molecular formula is C21H33N3O3. The molecule has 0 spiro atoms. The molecule has 0 radical (unpaired) electrons. The zero-order chi connectivity index (χ0) is 19.9. The number of rotatable bonds is 5. The van der Waals surface area contributed by atoms with Crippen molar-refractivity contribution in [3.63, 3.8) is 0 Å². The van der Waals surface area contributed by atoms with Gasteiger partial charge in [0.1, 0.15) is 11.4 Å². The predicted octanol–water partition coefficient (Wildman–Crippen LogP) is 2.42. The Morgan fingerprint density at radius 2 is 1.96 bits per heavy atom. The van der Waals surface area contributed by atoms with Crippen molar-refractivity contribution in [3.05, 3.63) is 23.6 Å². The quantitative estimate of drug-likeness (QED) is 0.802. The Morgan fingerprint density at radius 1 is 1.26 bits per heavy atom. The number of amides is 2. The Balaban J connectivity index is 1.76. The first-order valence-corrected chi connectivity index (χ1v) is 10.0. The van der Waals surface area contributed by atoms with Crippen molar-refractivity contribution in [1.82, 2.24) is 15.1 Å². The Morgan fingerprint density at radius 3 is 2.52 bits per heavy atom. The normalized spacial score (nSPS) is 28.8. The molecule has 3 atom stereocenters. The van der Waals surface area contributed by atoms with Crippen LogP contribution in [0.5, 0.6) is 0 Å². The Bertz CT molecular complexity index is 675. The fraction of sp³-hybridized carbons (Fsp3) is 0.714. The molecule has 0 aromatic rings. The Kier molecular flexibility index (Phi) is 5.28. The van der Waals surface area contributed by atoms with Crippen LogP contribution in [0.15, 0.2) is 23.6 Å². The van der Waals surface area contributed by atoms with Crippen molar-refractivity contribution in [2.24, 2.45) is 5.92 Å². The summed E-state index contributed by atoms with van der Waals surface area (Å²) in [5, 5.41) is 2.92. The van der Waals surface area contributed by atoms with E-state index in [2.05, 4.69) is 24.1 Å². The van der Waals surface area contributed by atoms with Crippen molar-refractivity contribution >= 4 is 11.8 Å². The van der Waals surface area contributed by atoms with Crippen LogP contribution in [-0.4, -0.2) is 58.4 Å². The minimum atomic E-state index is -0.324. The average molecular weight is 376 g/mol. The van der Waals surface area contributed by atoms with E-state index >= 15 is 0 Å². The van der Waals surface area contributed by atoms with Crippen molar-refractivity contribution in [3.8, 4) is 0 Å². The van der Waals surface area contributed by atoms with Crippen LogP contribution in [0, 0.1) is 5.92 Å². The lowest BCUT2D eigenvalue weighted by Gasteiger charge is -2.35. The molecule has 3 heterocycles. The molecule has 3 aliphatic heterocycles. The SMILES string of the molecule is CC(C)C[C@H]1C(OC(C)(C)C)=CC(=O)N1[C@H]1CCN(C2=CC(=O)N[C@H]2C)C1. The highest BCUT2D eigenvalue weighted by Gasteiger charge is 2.43. The predicted molar refractivity (Wildman–Crippen MR) is 105 cm³/mol.